The smallest absolute Gasteiger partial charge is 0.195 e. The third-order valence-electron chi connectivity index (χ3n) is 4.06. The number of rotatable bonds is 5. The number of halogens is 1. The summed E-state index contributed by atoms with van der Waals surface area (Å²) < 4.78 is 3.57. The highest BCUT2D eigenvalue weighted by molar-refractivity contribution is 7.98. The minimum atomic E-state index is 0.433. The second kappa shape index (κ2) is 7.42. The molecule has 0 aliphatic carbocycles. The maximum Gasteiger partial charge on any atom is 0.195 e. The number of thioether (sulfide) groups is 1. The number of nitrogens with zero attached hydrogens (tertiary/aromatic N) is 6. The molecule has 7 nitrogen and oxygen atoms in total. The molecular weight excluding hydrogens is 382 g/mol. The SMILES string of the molecule is CSc1nnc(-c2nnn(Cc3ccc(Cl)cc3)c2N)n1-c1ccccc1. The van der Waals surface area contributed by atoms with E-state index in [1.807, 2.05) is 65.4 Å². The van der Waals surface area contributed by atoms with Gasteiger partial charge in [-0.05, 0) is 36.1 Å². The lowest BCUT2D eigenvalue weighted by atomic mass is 10.2. The second-order valence-electron chi connectivity index (χ2n) is 5.79. The van der Waals surface area contributed by atoms with Gasteiger partial charge < -0.3 is 5.73 Å². The number of aromatic nitrogens is 6. The molecule has 2 heterocycles. The first-order chi connectivity index (χ1) is 13.2. The van der Waals surface area contributed by atoms with Crippen molar-refractivity contribution in [3.05, 3.63) is 65.2 Å². The van der Waals surface area contributed by atoms with Crippen LogP contribution in [0.2, 0.25) is 5.02 Å². The van der Waals surface area contributed by atoms with Crippen LogP contribution in [-0.4, -0.2) is 36.0 Å². The Hall–Kier alpha value is -2.84. The van der Waals surface area contributed by atoms with Crippen LogP contribution in [0, 0.1) is 0 Å². The third-order valence-corrected chi connectivity index (χ3v) is 4.94. The minimum Gasteiger partial charge on any atom is -0.382 e. The molecule has 0 spiro atoms. The summed E-state index contributed by atoms with van der Waals surface area (Å²) in [6.07, 6.45) is 1.95. The fraction of sp³-hybridized carbons (Fsp3) is 0.111. The zero-order chi connectivity index (χ0) is 18.8. The van der Waals surface area contributed by atoms with Gasteiger partial charge in [-0.3, -0.25) is 4.57 Å². The van der Waals surface area contributed by atoms with Gasteiger partial charge in [0, 0.05) is 10.7 Å². The van der Waals surface area contributed by atoms with Gasteiger partial charge in [0.15, 0.2) is 22.5 Å². The van der Waals surface area contributed by atoms with Gasteiger partial charge in [0.05, 0.1) is 6.54 Å². The van der Waals surface area contributed by atoms with Crippen molar-refractivity contribution in [2.24, 2.45) is 0 Å². The number of para-hydroxylation sites is 1. The van der Waals surface area contributed by atoms with Crippen molar-refractivity contribution in [1.82, 2.24) is 29.8 Å². The molecule has 0 saturated heterocycles. The lowest BCUT2D eigenvalue weighted by Crippen LogP contribution is -2.07. The molecule has 2 aromatic carbocycles. The highest BCUT2D eigenvalue weighted by Gasteiger charge is 2.21. The van der Waals surface area contributed by atoms with E-state index in [4.69, 9.17) is 17.3 Å². The molecule has 2 aromatic heterocycles. The molecule has 0 unspecified atom stereocenters. The molecule has 9 heteroatoms. The molecule has 0 bridgehead atoms. The average Bonchev–Trinajstić information content (AvgIpc) is 3.28. The zero-order valence-corrected chi connectivity index (χ0v) is 16.0. The summed E-state index contributed by atoms with van der Waals surface area (Å²) in [7, 11) is 0. The highest BCUT2D eigenvalue weighted by atomic mass is 35.5. The van der Waals surface area contributed by atoms with E-state index in [-0.39, 0.29) is 0 Å². The Morgan fingerprint density at radius 3 is 2.44 bits per heavy atom. The highest BCUT2D eigenvalue weighted by Crippen LogP contribution is 2.28. The number of benzene rings is 2. The third kappa shape index (κ3) is 3.41. The number of nitrogen functional groups attached to an aromatic ring is 1. The quantitative estimate of drug-likeness (QED) is 0.518. The summed E-state index contributed by atoms with van der Waals surface area (Å²) in [6.45, 7) is 0.491. The van der Waals surface area contributed by atoms with Crippen LogP contribution in [0.25, 0.3) is 17.2 Å². The summed E-state index contributed by atoms with van der Waals surface area (Å²) in [4.78, 5) is 0. The van der Waals surface area contributed by atoms with Crippen molar-refractivity contribution < 1.29 is 0 Å². The Bertz CT molecular complexity index is 1060. The summed E-state index contributed by atoms with van der Waals surface area (Å²) in [6, 6.07) is 17.4. The predicted molar refractivity (Wildman–Crippen MR) is 107 cm³/mol. The topological polar surface area (TPSA) is 87.4 Å². The molecule has 0 atom stereocenters. The van der Waals surface area contributed by atoms with Gasteiger partial charge in [-0.2, -0.15) is 0 Å². The minimum absolute atomic E-state index is 0.433. The normalized spacial score (nSPS) is 11.0. The largest absolute Gasteiger partial charge is 0.382 e. The maximum absolute atomic E-state index is 6.33. The number of nitrogens with two attached hydrogens (primary N) is 1. The molecule has 4 rings (SSSR count). The number of hydrogen-bond donors (Lipinski definition) is 1. The van der Waals surface area contributed by atoms with E-state index in [9.17, 15) is 0 Å². The number of anilines is 1. The van der Waals surface area contributed by atoms with Crippen molar-refractivity contribution in [1.29, 1.82) is 0 Å². The van der Waals surface area contributed by atoms with Gasteiger partial charge in [0.25, 0.3) is 0 Å². The van der Waals surface area contributed by atoms with Crippen LogP contribution in [0.4, 0.5) is 5.82 Å². The molecule has 136 valence electrons. The fourth-order valence-corrected chi connectivity index (χ4v) is 3.35. The molecule has 0 aliphatic rings. The van der Waals surface area contributed by atoms with Crippen LogP contribution in [-0.2, 0) is 6.54 Å². The lowest BCUT2D eigenvalue weighted by molar-refractivity contribution is 0.658. The van der Waals surface area contributed by atoms with Gasteiger partial charge in [-0.25, -0.2) is 4.68 Å². The number of hydrogen-bond acceptors (Lipinski definition) is 6. The Morgan fingerprint density at radius 1 is 1.00 bits per heavy atom. The van der Waals surface area contributed by atoms with Crippen molar-refractivity contribution in [2.75, 3.05) is 12.0 Å². The molecule has 27 heavy (non-hydrogen) atoms. The van der Waals surface area contributed by atoms with E-state index in [1.165, 1.54) is 11.8 Å². The van der Waals surface area contributed by atoms with E-state index in [1.54, 1.807) is 4.68 Å². The van der Waals surface area contributed by atoms with Gasteiger partial charge in [0.2, 0.25) is 0 Å². The lowest BCUT2D eigenvalue weighted by Gasteiger charge is -2.08. The van der Waals surface area contributed by atoms with Crippen LogP contribution in [0.5, 0.6) is 0 Å². The van der Waals surface area contributed by atoms with Crippen molar-refractivity contribution in [3.8, 4) is 17.2 Å². The van der Waals surface area contributed by atoms with Crippen LogP contribution in [0.3, 0.4) is 0 Å². The van der Waals surface area contributed by atoms with Crippen LogP contribution >= 0.6 is 23.4 Å². The van der Waals surface area contributed by atoms with Crippen molar-refractivity contribution in [3.63, 3.8) is 0 Å². The van der Waals surface area contributed by atoms with E-state index in [2.05, 4.69) is 20.5 Å². The van der Waals surface area contributed by atoms with Gasteiger partial charge in [-0.15, -0.1) is 15.3 Å². The first-order valence-electron chi connectivity index (χ1n) is 8.16. The molecule has 2 N–H and O–H groups in total. The van der Waals surface area contributed by atoms with E-state index in [0.29, 0.717) is 28.9 Å². The van der Waals surface area contributed by atoms with E-state index in [0.717, 1.165) is 16.4 Å². The van der Waals surface area contributed by atoms with Gasteiger partial charge in [0.1, 0.15) is 0 Å². The van der Waals surface area contributed by atoms with Gasteiger partial charge >= 0.3 is 0 Å². The first-order valence-corrected chi connectivity index (χ1v) is 9.76. The molecule has 4 aromatic rings. The summed E-state index contributed by atoms with van der Waals surface area (Å²) in [5, 5.41) is 18.5. The van der Waals surface area contributed by atoms with E-state index < -0.39 is 0 Å². The molecule has 0 saturated carbocycles. The standard InChI is InChI=1S/C18H16ClN7S/c1-27-18-23-22-17(26(18)14-5-3-2-4-6-14)15-16(20)25(24-21-15)11-12-7-9-13(19)10-8-12/h2-10H,11,20H2,1H3. The van der Waals surface area contributed by atoms with Crippen molar-refractivity contribution in [2.45, 2.75) is 11.7 Å². The molecule has 0 radical (unpaired) electrons. The van der Waals surface area contributed by atoms with Crippen LogP contribution in [0.1, 0.15) is 5.56 Å². The monoisotopic (exact) mass is 397 g/mol. The molecule has 0 amide bonds. The summed E-state index contributed by atoms with van der Waals surface area (Å²) in [5.41, 5.74) is 8.80. The Morgan fingerprint density at radius 2 is 1.74 bits per heavy atom. The fourth-order valence-electron chi connectivity index (χ4n) is 2.72. The zero-order valence-electron chi connectivity index (χ0n) is 14.5. The Balaban J connectivity index is 1.74. The molecule has 0 fully saturated rings. The average molecular weight is 398 g/mol. The second-order valence-corrected chi connectivity index (χ2v) is 7.00. The van der Waals surface area contributed by atoms with Crippen LogP contribution < -0.4 is 5.73 Å². The van der Waals surface area contributed by atoms with Crippen LogP contribution in [0.15, 0.2) is 59.8 Å². The van der Waals surface area contributed by atoms with Gasteiger partial charge in [-0.1, -0.05) is 58.9 Å². The van der Waals surface area contributed by atoms with Crippen molar-refractivity contribution >= 4 is 29.2 Å². The summed E-state index contributed by atoms with van der Waals surface area (Å²) >= 11 is 7.45. The molecule has 0 aliphatic heterocycles. The predicted octanol–water partition coefficient (Wildman–Crippen LogP) is 3.53. The first kappa shape index (κ1) is 17.6. The molecular formula is C18H16ClN7S. The maximum atomic E-state index is 6.33. The Labute approximate surface area is 165 Å². The Kier molecular flexibility index (Phi) is 4.83. The van der Waals surface area contributed by atoms with E-state index >= 15 is 0 Å². The summed E-state index contributed by atoms with van der Waals surface area (Å²) in [5.74, 6) is 0.993.